The highest BCUT2D eigenvalue weighted by molar-refractivity contribution is 5.89. The molecule has 4 nitrogen and oxygen atoms in total. The van der Waals surface area contributed by atoms with Crippen molar-refractivity contribution in [1.29, 1.82) is 0 Å². The Balaban J connectivity index is 2.04. The fraction of sp³-hybridized carbons (Fsp3) is 0.583. The maximum absolute atomic E-state index is 11.1. The molecule has 4 heteroatoms. The molecule has 2 atom stereocenters. The first-order valence-electron chi connectivity index (χ1n) is 5.78. The zero-order chi connectivity index (χ0) is 11.2. The second-order valence-electron chi connectivity index (χ2n) is 4.89. The van der Waals surface area contributed by atoms with Crippen molar-refractivity contribution in [1.82, 2.24) is 9.97 Å². The second kappa shape index (κ2) is 3.27. The van der Waals surface area contributed by atoms with Gasteiger partial charge in [-0.3, -0.25) is 0 Å². The Morgan fingerprint density at radius 1 is 1.50 bits per heavy atom. The molecule has 1 heterocycles. The quantitative estimate of drug-likeness (QED) is 0.824. The van der Waals surface area contributed by atoms with Crippen LogP contribution in [-0.4, -0.2) is 21.0 Å². The van der Waals surface area contributed by atoms with Crippen LogP contribution in [0.2, 0.25) is 0 Å². The summed E-state index contributed by atoms with van der Waals surface area (Å²) in [4.78, 5) is 19.2. The minimum Gasteiger partial charge on any atom is -0.478 e. The summed E-state index contributed by atoms with van der Waals surface area (Å²) in [5.41, 5.74) is 1.15. The summed E-state index contributed by atoms with van der Waals surface area (Å²) in [5, 5.41) is 9.15. The minimum atomic E-state index is -0.902. The molecular formula is C12H14N2O2. The van der Waals surface area contributed by atoms with Crippen LogP contribution in [0.1, 0.15) is 48.2 Å². The van der Waals surface area contributed by atoms with Gasteiger partial charge in [0.25, 0.3) is 0 Å². The van der Waals surface area contributed by atoms with Gasteiger partial charge in [-0.05, 0) is 25.2 Å². The van der Waals surface area contributed by atoms with Gasteiger partial charge < -0.3 is 5.11 Å². The van der Waals surface area contributed by atoms with Crippen LogP contribution in [0.5, 0.6) is 0 Å². The van der Waals surface area contributed by atoms with Crippen molar-refractivity contribution in [2.24, 2.45) is 5.92 Å². The lowest BCUT2D eigenvalue weighted by molar-refractivity contribution is 0.0693. The van der Waals surface area contributed by atoms with E-state index in [1.807, 2.05) is 0 Å². The number of carbonyl (C=O) groups is 1. The van der Waals surface area contributed by atoms with Crippen LogP contribution in [0.3, 0.4) is 0 Å². The lowest BCUT2D eigenvalue weighted by Crippen LogP contribution is -2.20. The van der Waals surface area contributed by atoms with Crippen LogP contribution in [0.15, 0.2) is 12.5 Å². The van der Waals surface area contributed by atoms with Gasteiger partial charge in [0.2, 0.25) is 0 Å². The standard InChI is InChI=1S/C12H14N2O2/c15-11(16)9-6-13-7-14-10(9)12-4-2-1-3-8(12)5-12/h6-8H,1-5H2,(H,15,16). The van der Waals surface area contributed by atoms with E-state index in [2.05, 4.69) is 9.97 Å². The molecule has 0 radical (unpaired) electrons. The second-order valence-corrected chi connectivity index (χ2v) is 4.89. The van der Waals surface area contributed by atoms with E-state index in [1.54, 1.807) is 0 Å². The summed E-state index contributed by atoms with van der Waals surface area (Å²) in [6.07, 6.45) is 8.81. The van der Waals surface area contributed by atoms with Crippen molar-refractivity contribution in [2.45, 2.75) is 37.5 Å². The molecule has 0 aromatic carbocycles. The predicted octanol–water partition coefficient (Wildman–Crippen LogP) is 2.01. The Labute approximate surface area is 93.7 Å². The van der Waals surface area contributed by atoms with Crippen LogP contribution in [0, 0.1) is 5.92 Å². The molecule has 1 N–H and O–H groups in total. The number of hydrogen-bond acceptors (Lipinski definition) is 3. The molecule has 0 spiro atoms. The molecule has 0 aliphatic heterocycles. The summed E-state index contributed by atoms with van der Waals surface area (Å²) in [6.45, 7) is 0. The zero-order valence-electron chi connectivity index (χ0n) is 9.02. The summed E-state index contributed by atoms with van der Waals surface area (Å²) >= 11 is 0. The maximum Gasteiger partial charge on any atom is 0.339 e. The van der Waals surface area contributed by atoms with Crippen molar-refractivity contribution in [3.8, 4) is 0 Å². The van der Waals surface area contributed by atoms with Crippen LogP contribution in [0.4, 0.5) is 0 Å². The number of carboxylic acid groups (broad SMARTS) is 1. The van der Waals surface area contributed by atoms with Gasteiger partial charge in [-0.25, -0.2) is 14.8 Å². The first-order chi connectivity index (χ1) is 7.74. The van der Waals surface area contributed by atoms with Crippen molar-refractivity contribution >= 4 is 5.97 Å². The molecule has 1 aromatic rings. The van der Waals surface area contributed by atoms with Gasteiger partial charge in [-0.15, -0.1) is 0 Å². The van der Waals surface area contributed by atoms with Crippen molar-refractivity contribution < 1.29 is 9.90 Å². The van der Waals surface area contributed by atoms with E-state index in [0.717, 1.165) is 18.5 Å². The van der Waals surface area contributed by atoms with Gasteiger partial charge >= 0.3 is 5.97 Å². The molecule has 2 fully saturated rings. The van der Waals surface area contributed by atoms with Gasteiger partial charge in [0.1, 0.15) is 6.33 Å². The van der Waals surface area contributed by atoms with E-state index in [9.17, 15) is 4.79 Å². The van der Waals surface area contributed by atoms with Crippen molar-refractivity contribution in [2.75, 3.05) is 0 Å². The summed E-state index contributed by atoms with van der Waals surface area (Å²) in [5.74, 6) is -0.240. The number of carboxylic acids is 1. The normalized spacial score (nSPS) is 31.9. The minimum absolute atomic E-state index is 0.0783. The number of aromatic nitrogens is 2. The van der Waals surface area contributed by atoms with E-state index in [1.165, 1.54) is 31.8 Å². The van der Waals surface area contributed by atoms with Gasteiger partial charge in [0.05, 0.1) is 11.3 Å². The van der Waals surface area contributed by atoms with Gasteiger partial charge in [0, 0.05) is 11.6 Å². The highest BCUT2D eigenvalue weighted by Gasteiger charge is 2.58. The monoisotopic (exact) mass is 218 g/mol. The lowest BCUT2D eigenvalue weighted by Gasteiger charge is -2.22. The van der Waals surface area contributed by atoms with Gasteiger partial charge in [-0.2, -0.15) is 0 Å². The molecule has 0 amide bonds. The average Bonchev–Trinajstić information content (AvgIpc) is 3.04. The Morgan fingerprint density at radius 2 is 2.38 bits per heavy atom. The van der Waals surface area contributed by atoms with Crippen LogP contribution in [0.25, 0.3) is 0 Å². The van der Waals surface area contributed by atoms with Gasteiger partial charge in [-0.1, -0.05) is 12.8 Å². The third-order valence-electron chi connectivity index (χ3n) is 4.07. The van der Waals surface area contributed by atoms with E-state index in [-0.39, 0.29) is 5.41 Å². The fourth-order valence-corrected chi connectivity index (χ4v) is 3.19. The highest BCUT2D eigenvalue weighted by atomic mass is 16.4. The summed E-state index contributed by atoms with van der Waals surface area (Å²) in [7, 11) is 0. The SMILES string of the molecule is O=C(O)c1cncnc1C12CCCCC1C2. The number of nitrogens with zero attached hydrogens (tertiary/aromatic N) is 2. The van der Waals surface area contributed by atoms with Crippen LogP contribution < -0.4 is 0 Å². The Bertz CT molecular complexity index is 446. The van der Waals surface area contributed by atoms with E-state index in [4.69, 9.17) is 5.11 Å². The molecule has 2 aliphatic carbocycles. The van der Waals surface area contributed by atoms with E-state index >= 15 is 0 Å². The first kappa shape index (κ1) is 9.75. The smallest absolute Gasteiger partial charge is 0.339 e. The van der Waals surface area contributed by atoms with Crippen LogP contribution in [-0.2, 0) is 5.41 Å². The number of aromatic carboxylic acids is 1. The third kappa shape index (κ3) is 1.25. The lowest BCUT2D eigenvalue weighted by atomic mass is 9.84. The molecule has 3 rings (SSSR count). The first-order valence-corrected chi connectivity index (χ1v) is 5.78. The van der Waals surface area contributed by atoms with E-state index < -0.39 is 5.97 Å². The Morgan fingerprint density at radius 3 is 3.12 bits per heavy atom. The van der Waals surface area contributed by atoms with Crippen LogP contribution >= 0.6 is 0 Å². The summed E-state index contributed by atoms with van der Waals surface area (Å²) < 4.78 is 0. The molecule has 84 valence electrons. The Hall–Kier alpha value is -1.45. The van der Waals surface area contributed by atoms with E-state index in [0.29, 0.717) is 11.5 Å². The number of rotatable bonds is 2. The molecular weight excluding hydrogens is 204 g/mol. The third-order valence-corrected chi connectivity index (χ3v) is 4.07. The van der Waals surface area contributed by atoms with Gasteiger partial charge in [0.15, 0.2) is 0 Å². The molecule has 2 unspecified atom stereocenters. The Kier molecular flexibility index (Phi) is 1.99. The molecule has 1 aromatic heterocycles. The molecule has 0 bridgehead atoms. The van der Waals surface area contributed by atoms with Crippen molar-refractivity contribution in [3.63, 3.8) is 0 Å². The molecule has 2 saturated carbocycles. The number of hydrogen-bond donors (Lipinski definition) is 1. The summed E-state index contributed by atoms with van der Waals surface area (Å²) in [6, 6.07) is 0. The maximum atomic E-state index is 11.1. The topological polar surface area (TPSA) is 63.1 Å². The predicted molar refractivity (Wildman–Crippen MR) is 57.2 cm³/mol. The number of fused-ring (bicyclic) bond motifs is 1. The molecule has 16 heavy (non-hydrogen) atoms. The molecule has 0 saturated heterocycles. The highest BCUT2D eigenvalue weighted by Crippen LogP contribution is 2.62. The molecule has 2 aliphatic rings. The largest absolute Gasteiger partial charge is 0.478 e. The fourth-order valence-electron chi connectivity index (χ4n) is 3.19. The van der Waals surface area contributed by atoms with Crippen molar-refractivity contribution in [3.05, 3.63) is 23.8 Å². The average molecular weight is 218 g/mol. The zero-order valence-corrected chi connectivity index (χ0v) is 9.02.